The lowest BCUT2D eigenvalue weighted by Crippen LogP contribution is -2.54. The fourth-order valence-electron chi connectivity index (χ4n) is 7.14. The average Bonchev–Trinajstić information content (AvgIpc) is 3.40. The zero-order valence-electron chi connectivity index (χ0n) is 30.1. The van der Waals surface area contributed by atoms with Crippen LogP contribution in [0, 0.1) is 0 Å². The number of amides is 5. The maximum Gasteiger partial charge on any atom is 0.265 e. The molecule has 3 aliphatic heterocycles. The predicted octanol–water partition coefficient (Wildman–Crippen LogP) is 4.87. The molecule has 5 rings (SSSR count). The van der Waals surface area contributed by atoms with Gasteiger partial charge in [0.25, 0.3) is 17.7 Å². The van der Waals surface area contributed by atoms with Crippen molar-refractivity contribution in [1.29, 1.82) is 0 Å². The number of fused-ring (bicyclic) bond motifs is 1. The van der Waals surface area contributed by atoms with Crippen molar-refractivity contribution < 1.29 is 24.0 Å². The Balaban J connectivity index is 0.910. The number of carbonyl (C=O) groups excluding carboxylic acids is 5. The Morgan fingerprint density at radius 1 is 0.784 bits per heavy atom. The van der Waals surface area contributed by atoms with Gasteiger partial charge in [-0.1, -0.05) is 64.4 Å². The number of hydrogen-bond acceptors (Lipinski definition) is 9. The van der Waals surface area contributed by atoms with E-state index in [1.165, 1.54) is 44.9 Å². The van der Waals surface area contributed by atoms with Crippen molar-refractivity contribution in [2.45, 2.75) is 96.4 Å². The summed E-state index contributed by atoms with van der Waals surface area (Å²) in [5, 5.41) is 5.57. The molecule has 4 N–H and O–H groups in total. The first-order chi connectivity index (χ1) is 24.9. The van der Waals surface area contributed by atoms with Gasteiger partial charge in [-0.15, -0.1) is 0 Å². The molecule has 2 fully saturated rings. The molecular formula is C39H55N7O5. The highest BCUT2D eigenvalue weighted by Gasteiger charge is 2.45. The van der Waals surface area contributed by atoms with Crippen molar-refractivity contribution in [3.8, 4) is 0 Å². The van der Waals surface area contributed by atoms with E-state index in [-0.39, 0.29) is 24.7 Å². The molecule has 0 aromatic heterocycles. The number of carbonyl (C=O) groups is 5. The minimum Gasteiger partial charge on any atom is -0.384 e. The number of piperazine rings is 1. The molecule has 0 radical (unpaired) electrons. The van der Waals surface area contributed by atoms with Gasteiger partial charge in [0, 0.05) is 62.6 Å². The van der Waals surface area contributed by atoms with Gasteiger partial charge in [0.15, 0.2) is 0 Å². The number of piperidine rings is 1. The molecule has 0 aliphatic carbocycles. The van der Waals surface area contributed by atoms with E-state index in [2.05, 4.69) is 50.3 Å². The second-order valence-electron chi connectivity index (χ2n) is 13.9. The summed E-state index contributed by atoms with van der Waals surface area (Å²) < 4.78 is 0. The Morgan fingerprint density at radius 2 is 1.47 bits per heavy atom. The van der Waals surface area contributed by atoms with Crippen LogP contribution in [0.3, 0.4) is 0 Å². The van der Waals surface area contributed by atoms with Crippen molar-refractivity contribution in [2.75, 3.05) is 56.0 Å². The zero-order chi connectivity index (χ0) is 36.0. The van der Waals surface area contributed by atoms with Crippen LogP contribution in [0.4, 0.5) is 11.4 Å². The predicted molar refractivity (Wildman–Crippen MR) is 199 cm³/mol. The molecule has 12 nitrogen and oxygen atoms in total. The highest BCUT2D eigenvalue weighted by atomic mass is 16.2. The smallest absolute Gasteiger partial charge is 0.265 e. The van der Waals surface area contributed by atoms with Crippen LogP contribution in [0.15, 0.2) is 42.5 Å². The van der Waals surface area contributed by atoms with E-state index in [4.69, 9.17) is 0 Å². The molecule has 2 aromatic rings. The van der Waals surface area contributed by atoms with Gasteiger partial charge < -0.3 is 10.2 Å². The van der Waals surface area contributed by atoms with Crippen molar-refractivity contribution in [3.05, 3.63) is 59.2 Å². The lowest BCUT2D eigenvalue weighted by atomic mass is 10.0. The Labute approximate surface area is 302 Å². The number of hydrogen-bond donors (Lipinski definition) is 4. The summed E-state index contributed by atoms with van der Waals surface area (Å²) in [5.74, 6) is -2.05. The summed E-state index contributed by atoms with van der Waals surface area (Å²) in [7, 11) is 0. The van der Waals surface area contributed by atoms with E-state index >= 15 is 0 Å². The summed E-state index contributed by atoms with van der Waals surface area (Å²) in [6.45, 7) is 8.85. The number of unbranched alkanes of at least 4 members (excludes halogenated alkanes) is 9. The van der Waals surface area contributed by atoms with Crippen molar-refractivity contribution in [1.82, 2.24) is 26.0 Å². The summed E-state index contributed by atoms with van der Waals surface area (Å²) >= 11 is 0. The normalized spacial score (nSPS) is 17.9. The average molecular weight is 702 g/mol. The second-order valence-corrected chi connectivity index (χ2v) is 13.9. The Hall–Kier alpha value is -4.29. The molecule has 3 aliphatic rings. The number of imide groups is 2. The summed E-state index contributed by atoms with van der Waals surface area (Å²) in [6, 6.07) is 12.1. The van der Waals surface area contributed by atoms with Crippen LogP contribution in [0.2, 0.25) is 0 Å². The van der Waals surface area contributed by atoms with E-state index in [9.17, 15) is 24.0 Å². The Bertz CT molecular complexity index is 1510. The third-order valence-corrected chi connectivity index (χ3v) is 10.2. The van der Waals surface area contributed by atoms with E-state index in [0.717, 1.165) is 75.5 Å². The van der Waals surface area contributed by atoms with Gasteiger partial charge >= 0.3 is 0 Å². The van der Waals surface area contributed by atoms with Crippen molar-refractivity contribution >= 4 is 40.9 Å². The van der Waals surface area contributed by atoms with Gasteiger partial charge in [-0.05, 0) is 68.6 Å². The first-order valence-corrected chi connectivity index (χ1v) is 19.1. The van der Waals surface area contributed by atoms with Crippen LogP contribution in [-0.4, -0.2) is 91.2 Å². The van der Waals surface area contributed by atoms with E-state index in [1.807, 2.05) is 12.1 Å². The number of nitrogens with zero attached hydrogens (tertiary/aromatic N) is 3. The highest BCUT2D eigenvalue weighted by molar-refractivity contribution is 6.25. The van der Waals surface area contributed by atoms with Gasteiger partial charge in [-0.25, -0.2) is 5.43 Å². The van der Waals surface area contributed by atoms with E-state index in [0.29, 0.717) is 28.9 Å². The van der Waals surface area contributed by atoms with Crippen LogP contribution in [0.5, 0.6) is 0 Å². The van der Waals surface area contributed by atoms with Crippen LogP contribution >= 0.6 is 0 Å². The third-order valence-electron chi connectivity index (χ3n) is 10.2. The van der Waals surface area contributed by atoms with Crippen LogP contribution in [-0.2, 0) is 9.59 Å². The largest absolute Gasteiger partial charge is 0.384 e. The molecule has 2 aromatic carbocycles. The molecule has 12 heteroatoms. The molecule has 276 valence electrons. The quantitative estimate of drug-likeness (QED) is 0.0865. The summed E-state index contributed by atoms with van der Waals surface area (Å²) in [4.78, 5) is 68.6. The maximum absolute atomic E-state index is 13.3. The third kappa shape index (κ3) is 10.4. The van der Waals surface area contributed by atoms with E-state index < -0.39 is 23.8 Å². The number of hydrazine groups is 1. The summed E-state index contributed by atoms with van der Waals surface area (Å²) in [6.07, 6.45) is 13.0. The van der Waals surface area contributed by atoms with E-state index in [1.54, 1.807) is 18.2 Å². The zero-order valence-corrected chi connectivity index (χ0v) is 30.1. The van der Waals surface area contributed by atoms with Gasteiger partial charge in [0.1, 0.15) is 6.04 Å². The van der Waals surface area contributed by atoms with Gasteiger partial charge in [0.05, 0.1) is 11.1 Å². The highest BCUT2D eigenvalue weighted by Crippen LogP contribution is 2.32. The van der Waals surface area contributed by atoms with Crippen LogP contribution in [0.1, 0.15) is 121 Å². The first kappa shape index (κ1) is 38.0. The molecular weight excluding hydrogens is 646 g/mol. The molecule has 0 saturated carbocycles. The van der Waals surface area contributed by atoms with Crippen molar-refractivity contribution in [3.63, 3.8) is 0 Å². The molecule has 1 atom stereocenters. The number of anilines is 2. The Morgan fingerprint density at radius 3 is 2.20 bits per heavy atom. The van der Waals surface area contributed by atoms with Crippen molar-refractivity contribution in [2.24, 2.45) is 0 Å². The molecule has 0 spiro atoms. The summed E-state index contributed by atoms with van der Waals surface area (Å²) in [5.41, 5.74) is 8.91. The number of benzene rings is 2. The topological polar surface area (TPSA) is 143 Å². The number of nitrogens with one attached hydrogen (secondary N) is 4. The fraction of sp³-hybridized carbons (Fsp3) is 0.564. The monoisotopic (exact) mass is 701 g/mol. The molecule has 0 bridgehead atoms. The number of rotatable bonds is 20. The SMILES string of the molecule is CCCCCCCNNC(=O)c1ccc(N2CCN(CCCCCCCCNc3cccc4c3C(=O)N(C3CCC(=O)NC3=O)C4=O)CC2)cc1. The van der Waals surface area contributed by atoms with Gasteiger partial charge in [0.2, 0.25) is 11.8 Å². The molecule has 2 saturated heterocycles. The molecule has 51 heavy (non-hydrogen) atoms. The minimum absolute atomic E-state index is 0.0929. The Kier molecular flexibility index (Phi) is 14.4. The molecule has 1 unspecified atom stereocenters. The lowest BCUT2D eigenvalue weighted by molar-refractivity contribution is -0.136. The molecule has 5 amide bonds. The fourth-order valence-corrected chi connectivity index (χ4v) is 7.14. The minimum atomic E-state index is -0.963. The van der Waals surface area contributed by atoms with Gasteiger partial charge in [-0.2, -0.15) is 0 Å². The first-order valence-electron chi connectivity index (χ1n) is 19.1. The van der Waals surface area contributed by atoms with Gasteiger partial charge in [-0.3, -0.25) is 44.5 Å². The molecule has 3 heterocycles. The van der Waals surface area contributed by atoms with Crippen LogP contribution in [0.25, 0.3) is 0 Å². The standard InChI is InChI=1S/C39H55N7O5/c1-2-3-4-7-11-23-41-43-36(48)29-16-18-30(19-17-29)45-27-25-44(26-28-45)24-12-9-6-5-8-10-22-40-32-15-13-14-31-35(32)39(51)46(38(31)50)33-20-21-34(47)42-37(33)49/h13-19,33,40-41H,2-12,20-28H2,1H3,(H,43,48)(H,42,47,49). The second kappa shape index (κ2) is 19.4. The van der Waals surface area contributed by atoms with Crippen LogP contribution < -0.4 is 26.4 Å². The lowest BCUT2D eigenvalue weighted by Gasteiger charge is -2.36. The maximum atomic E-state index is 13.3.